The highest BCUT2D eigenvalue weighted by molar-refractivity contribution is 7.89. The summed E-state index contributed by atoms with van der Waals surface area (Å²) in [5.74, 6) is -0.313. The van der Waals surface area contributed by atoms with Gasteiger partial charge in [-0.05, 0) is 44.5 Å². The van der Waals surface area contributed by atoms with Crippen LogP contribution >= 0.6 is 0 Å². The van der Waals surface area contributed by atoms with Crippen molar-refractivity contribution in [1.29, 1.82) is 0 Å². The second-order valence-electron chi connectivity index (χ2n) is 6.55. The number of hydrogen-bond acceptors (Lipinski definition) is 3. The van der Waals surface area contributed by atoms with Gasteiger partial charge < -0.3 is 5.32 Å². The molecule has 1 amide bonds. The predicted molar refractivity (Wildman–Crippen MR) is 94.1 cm³/mol. The highest BCUT2D eigenvalue weighted by Gasteiger charge is 2.22. The number of hydrogen-bond donors (Lipinski definition) is 2. The molecule has 0 heterocycles. The van der Waals surface area contributed by atoms with Gasteiger partial charge in [0.2, 0.25) is 10.0 Å². The zero-order valence-electron chi connectivity index (χ0n) is 14.0. The third-order valence-electron chi connectivity index (χ3n) is 3.14. The van der Waals surface area contributed by atoms with Gasteiger partial charge in [-0.1, -0.05) is 36.4 Å². The van der Waals surface area contributed by atoms with E-state index in [0.29, 0.717) is 12.1 Å². The quantitative estimate of drug-likeness (QED) is 0.874. The average Bonchev–Trinajstić information content (AvgIpc) is 2.51. The molecule has 0 saturated heterocycles. The molecule has 0 fully saturated rings. The maximum atomic E-state index is 12.4. The normalized spacial score (nSPS) is 12.0. The SMILES string of the molecule is CC(C)(C)NS(=O)(=O)c1cccc(C(=O)NCc2ccccc2)c1. The van der Waals surface area contributed by atoms with Gasteiger partial charge in [0.15, 0.2) is 0 Å². The molecule has 2 rings (SSSR count). The fraction of sp³-hybridized carbons (Fsp3) is 0.278. The van der Waals surface area contributed by atoms with Crippen LogP contribution < -0.4 is 10.0 Å². The average molecular weight is 346 g/mol. The Labute approximate surface area is 143 Å². The molecule has 0 aliphatic heterocycles. The highest BCUT2D eigenvalue weighted by Crippen LogP contribution is 2.14. The summed E-state index contributed by atoms with van der Waals surface area (Å²) in [6, 6.07) is 15.5. The van der Waals surface area contributed by atoms with Crippen LogP contribution in [0.1, 0.15) is 36.7 Å². The Kier molecular flexibility index (Phi) is 5.41. The first-order valence-corrected chi connectivity index (χ1v) is 9.12. The lowest BCUT2D eigenvalue weighted by Gasteiger charge is -2.20. The van der Waals surface area contributed by atoms with Crippen molar-refractivity contribution in [2.45, 2.75) is 37.8 Å². The number of carbonyl (C=O) groups is 1. The van der Waals surface area contributed by atoms with Crippen LogP contribution in [0.2, 0.25) is 0 Å². The van der Waals surface area contributed by atoms with Gasteiger partial charge in [-0.15, -0.1) is 0 Å². The monoisotopic (exact) mass is 346 g/mol. The standard InChI is InChI=1S/C18H22N2O3S/c1-18(2,3)20-24(22,23)16-11-7-10-15(12-16)17(21)19-13-14-8-5-4-6-9-14/h4-12,20H,13H2,1-3H3,(H,19,21). The molecule has 6 heteroatoms. The number of nitrogens with one attached hydrogen (secondary N) is 2. The second-order valence-corrected chi connectivity index (χ2v) is 8.23. The van der Waals surface area contributed by atoms with Crippen molar-refractivity contribution in [3.8, 4) is 0 Å². The lowest BCUT2D eigenvalue weighted by atomic mass is 10.1. The Morgan fingerprint density at radius 2 is 1.67 bits per heavy atom. The van der Waals surface area contributed by atoms with E-state index in [1.54, 1.807) is 32.9 Å². The topological polar surface area (TPSA) is 75.3 Å². The molecule has 24 heavy (non-hydrogen) atoms. The largest absolute Gasteiger partial charge is 0.348 e. The van der Waals surface area contributed by atoms with Crippen molar-refractivity contribution >= 4 is 15.9 Å². The molecule has 0 unspecified atom stereocenters. The zero-order valence-corrected chi connectivity index (χ0v) is 14.9. The molecular weight excluding hydrogens is 324 g/mol. The van der Waals surface area contributed by atoms with Gasteiger partial charge in [0.05, 0.1) is 4.90 Å². The van der Waals surface area contributed by atoms with Gasteiger partial charge in [-0.3, -0.25) is 4.79 Å². The van der Waals surface area contributed by atoms with E-state index in [-0.39, 0.29) is 10.8 Å². The molecule has 2 aromatic rings. The number of carbonyl (C=O) groups excluding carboxylic acids is 1. The van der Waals surface area contributed by atoms with Crippen LogP contribution in [0.5, 0.6) is 0 Å². The summed E-state index contributed by atoms with van der Waals surface area (Å²) in [7, 11) is -3.67. The maximum absolute atomic E-state index is 12.4. The van der Waals surface area contributed by atoms with Crippen molar-refractivity contribution in [3.63, 3.8) is 0 Å². The Morgan fingerprint density at radius 3 is 2.29 bits per heavy atom. The number of benzene rings is 2. The van der Waals surface area contributed by atoms with Gasteiger partial charge in [-0.25, -0.2) is 13.1 Å². The Bertz CT molecular complexity index is 810. The molecule has 0 radical (unpaired) electrons. The summed E-state index contributed by atoms with van der Waals surface area (Å²) in [6.07, 6.45) is 0. The summed E-state index contributed by atoms with van der Waals surface area (Å²) in [4.78, 5) is 12.3. The molecule has 128 valence electrons. The molecule has 0 aromatic heterocycles. The van der Waals surface area contributed by atoms with E-state index in [2.05, 4.69) is 10.0 Å². The lowest BCUT2D eigenvalue weighted by Crippen LogP contribution is -2.40. The number of rotatable bonds is 5. The van der Waals surface area contributed by atoms with Crippen LogP contribution in [0.4, 0.5) is 0 Å². The Morgan fingerprint density at radius 1 is 1.00 bits per heavy atom. The van der Waals surface area contributed by atoms with Crippen LogP contribution in [-0.2, 0) is 16.6 Å². The zero-order chi connectivity index (χ0) is 17.8. The van der Waals surface area contributed by atoms with Crippen molar-refractivity contribution in [2.24, 2.45) is 0 Å². The molecule has 0 aliphatic carbocycles. The van der Waals surface area contributed by atoms with E-state index in [9.17, 15) is 13.2 Å². The van der Waals surface area contributed by atoms with Gasteiger partial charge >= 0.3 is 0 Å². The van der Waals surface area contributed by atoms with E-state index >= 15 is 0 Å². The van der Waals surface area contributed by atoms with Crippen molar-refractivity contribution in [1.82, 2.24) is 10.0 Å². The second kappa shape index (κ2) is 7.15. The third kappa shape index (κ3) is 5.18. The molecular formula is C18H22N2O3S. The fourth-order valence-electron chi connectivity index (χ4n) is 2.15. The summed E-state index contributed by atoms with van der Waals surface area (Å²) in [5, 5.41) is 2.79. The number of sulfonamides is 1. The minimum absolute atomic E-state index is 0.0739. The minimum atomic E-state index is -3.67. The molecule has 0 saturated carbocycles. The van der Waals surface area contributed by atoms with Crippen molar-refractivity contribution in [3.05, 3.63) is 65.7 Å². The third-order valence-corrected chi connectivity index (χ3v) is 4.90. The first-order valence-electron chi connectivity index (χ1n) is 7.63. The lowest BCUT2D eigenvalue weighted by molar-refractivity contribution is 0.0950. The Balaban J connectivity index is 2.13. The predicted octanol–water partition coefficient (Wildman–Crippen LogP) is 2.69. The fourth-order valence-corrected chi connectivity index (χ4v) is 3.61. The van der Waals surface area contributed by atoms with E-state index < -0.39 is 15.6 Å². The smallest absolute Gasteiger partial charge is 0.251 e. The molecule has 0 aliphatic rings. The van der Waals surface area contributed by atoms with Crippen LogP contribution in [0.15, 0.2) is 59.5 Å². The summed E-state index contributed by atoms with van der Waals surface area (Å²) in [6.45, 7) is 5.68. The van der Waals surface area contributed by atoms with Crippen LogP contribution in [0, 0.1) is 0 Å². The van der Waals surface area contributed by atoms with Crippen LogP contribution in [-0.4, -0.2) is 19.9 Å². The summed E-state index contributed by atoms with van der Waals surface area (Å²) < 4.78 is 27.3. The van der Waals surface area contributed by atoms with Gasteiger partial charge in [0.25, 0.3) is 5.91 Å². The minimum Gasteiger partial charge on any atom is -0.348 e. The van der Waals surface area contributed by atoms with E-state index in [0.717, 1.165) is 5.56 Å². The first-order chi connectivity index (χ1) is 11.2. The first kappa shape index (κ1) is 18.2. The number of amides is 1. The molecule has 2 aromatic carbocycles. The molecule has 0 spiro atoms. The van der Waals surface area contributed by atoms with E-state index in [1.807, 2.05) is 30.3 Å². The molecule has 0 atom stereocenters. The Hall–Kier alpha value is -2.18. The van der Waals surface area contributed by atoms with Crippen LogP contribution in [0.25, 0.3) is 0 Å². The van der Waals surface area contributed by atoms with Gasteiger partial charge in [0, 0.05) is 17.6 Å². The van der Waals surface area contributed by atoms with Gasteiger partial charge in [0.1, 0.15) is 0 Å². The van der Waals surface area contributed by atoms with Crippen molar-refractivity contribution in [2.75, 3.05) is 0 Å². The van der Waals surface area contributed by atoms with Crippen molar-refractivity contribution < 1.29 is 13.2 Å². The van der Waals surface area contributed by atoms with Crippen LogP contribution in [0.3, 0.4) is 0 Å². The van der Waals surface area contributed by atoms with E-state index in [1.165, 1.54) is 12.1 Å². The molecule has 5 nitrogen and oxygen atoms in total. The van der Waals surface area contributed by atoms with E-state index in [4.69, 9.17) is 0 Å². The maximum Gasteiger partial charge on any atom is 0.251 e. The highest BCUT2D eigenvalue weighted by atomic mass is 32.2. The van der Waals surface area contributed by atoms with Gasteiger partial charge in [-0.2, -0.15) is 0 Å². The molecule has 0 bridgehead atoms. The molecule has 2 N–H and O–H groups in total. The summed E-state index contributed by atoms with van der Waals surface area (Å²) in [5.41, 5.74) is 0.691. The summed E-state index contributed by atoms with van der Waals surface area (Å²) >= 11 is 0.